The number of ether oxygens (including phenoxy) is 1. The predicted octanol–water partition coefficient (Wildman–Crippen LogP) is 0.140. The third kappa shape index (κ3) is 3.47. The molecule has 4 nitrogen and oxygen atoms in total. The highest BCUT2D eigenvalue weighted by Crippen LogP contribution is 2.09. The van der Waals surface area contributed by atoms with E-state index in [1.165, 1.54) is 5.57 Å². The molecule has 0 saturated heterocycles. The average molecular weight is 198 g/mol. The third-order valence-corrected chi connectivity index (χ3v) is 2.28. The quantitative estimate of drug-likeness (QED) is 0.516. The SMILES string of the molecule is CC1=CCN(C(=O)COCCN)CC1. The van der Waals surface area contributed by atoms with Crippen molar-refractivity contribution in [3.63, 3.8) is 0 Å². The summed E-state index contributed by atoms with van der Waals surface area (Å²) < 4.78 is 5.09. The Labute approximate surface area is 84.7 Å². The van der Waals surface area contributed by atoms with Gasteiger partial charge in [0, 0.05) is 19.6 Å². The number of rotatable bonds is 4. The maximum Gasteiger partial charge on any atom is 0.248 e. The van der Waals surface area contributed by atoms with Gasteiger partial charge in [0.25, 0.3) is 0 Å². The van der Waals surface area contributed by atoms with Gasteiger partial charge in [-0.05, 0) is 13.3 Å². The molecule has 1 rings (SSSR count). The van der Waals surface area contributed by atoms with Crippen LogP contribution in [0, 0.1) is 0 Å². The minimum atomic E-state index is 0.0576. The molecule has 0 saturated carbocycles. The maximum atomic E-state index is 11.5. The Hall–Kier alpha value is -0.870. The lowest BCUT2D eigenvalue weighted by Crippen LogP contribution is -2.37. The lowest BCUT2D eigenvalue weighted by molar-refractivity contribution is -0.135. The van der Waals surface area contributed by atoms with Crippen molar-refractivity contribution in [2.24, 2.45) is 5.73 Å². The van der Waals surface area contributed by atoms with Gasteiger partial charge in [-0.25, -0.2) is 0 Å². The van der Waals surface area contributed by atoms with Crippen LogP contribution >= 0.6 is 0 Å². The number of nitrogens with zero attached hydrogens (tertiary/aromatic N) is 1. The van der Waals surface area contributed by atoms with Crippen LogP contribution in [0.15, 0.2) is 11.6 Å². The second-order valence-electron chi connectivity index (χ2n) is 3.48. The fourth-order valence-electron chi connectivity index (χ4n) is 1.33. The monoisotopic (exact) mass is 198 g/mol. The van der Waals surface area contributed by atoms with E-state index in [-0.39, 0.29) is 12.5 Å². The van der Waals surface area contributed by atoms with E-state index in [0.29, 0.717) is 13.2 Å². The fraction of sp³-hybridized carbons (Fsp3) is 0.700. The van der Waals surface area contributed by atoms with E-state index in [1.807, 2.05) is 4.90 Å². The molecule has 0 atom stereocenters. The van der Waals surface area contributed by atoms with Crippen molar-refractivity contribution in [2.75, 3.05) is 32.8 Å². The van der Waals surface area contributed by atoms with Crippen LogP contribution in [0.4, 0.5) is 0 Å². The molecule has 0 aromatic carbocycles. The van der Waals surface area contributed by atoms with Crippen LogP contribution in [0.3, 0.4) is 0 Å². The molecule has 1 amide bonds. The molecular formula is C10H18N2O2. The van der Waals surface area contributed by atoms with Crippen molar-refractivity contribution in [3.05, 3.63) is 11.6 Å². The molecule has 1 aliphatic heterocycles. The highest BCUT2D eigenvalue weighted by Gasteiger charge is 2.15. The highest BCUT2D eigenvalue weighted by molar-refractivity contribution is 5.77. The highest BCUT2D eigenvalue weighted by atomic mass is 16.5. The molecule has 0 unspecified atom stereocenters. The standard InChI is InChI=1S/C10H18N2O2/c1-9-2-5-12(6-3-9)10(13)8-14-7-4-11/h2H,3-8,11H2,1H3. The molecule has 0 fully saturated rings. The largest absolute Gasteiger partial charge is 0.370 e. The Morgan fingerprint density at radius 1 is 1.71 bits per heavy atom. The summed E-state index contributed by atoms with van der Waals surface area (Å²) in [6.07, 6.45) is 3.06. The van der Waals surface area contributed by atoms with Crippen molar-refractivity contribution in [3.8, 4) is 0 Å². The van der Waals surface area contributed by atoms with Crippen molar-refractivity contribution >= 4 is 5.91 Å². The van der Waals surface area contributed by atoms with Crippen LogP contribution in [-0.4, -0.2) is 43.7 Å². The minimum Gasteiger partial charge on any atom is -0.370 e. The van der Waals surface area contributed by atoms with Gasteiger partial charge < -0.3 is 15.4 Å². The number of hydrogen-bond acceptors (Lipinski definition) is 3. The summed E-state index contributed by atoms with van der Waals surface area (Å²) in [5.41, 5.74) is 6.61. The Balaban J connectivity index is 2.25. The molecule has 0 radical (unpaired) electrons. The van der Waals surface area contributed by atoms with Crippen LogP contribution in [-0.2, 0) is 9.53 Å². The summed E-state index contributed by atoms with van der Waals surface area (Å²) in [5, 5.41) is 0. The van der Waals surface area contributed by atoms with Crippen molar-refractivity contribution in [1.29, 1.82) is 0 Å². The van der Waals surface area contributed by atoms with Gasteiger partial charge >= 0.3 is 0 Å². The zero-order chi connectivity index (χ0) is 10.4. The van der Waals surface area contributed by atoms with Crippen LogP contribution in [0.25, 0.3) is 0 Å². The van der Waals surface area contributed by atoms with Crippen molar-refractivity contribution in [2.45, 2.75) is 13.3 Å². The first-order chi connectivity index (χ1) is 6.74. The predicted molar refractivity (Wildman–Crippen MR) is 54.8 cm³/mol. The molecule has 0 aromatic rings. The molecule has 1 aliphatic rings. The Morgan fingerprint density at radius 3 is 3.07 bits per heavy atom. The molecule has 2 N–H and O–H groups in total. The van der Waals surface area contributed by atoms with E-state index in [9.17, 15) is 4.79 Å². The first-order valence-corrected chi connectivity index (χ1v) is 4.95. The van der Waals surface area contributed by atoms with Gasteiger partial charge in [-0.3, -0.25) is 4.79 Å². The zero-order valence-electron chi connectivity index (χ0n) is 8.66. The second kappa shape index (κ2) is 5.78. The van der Waals surface area contributed by atoms with Gasteiger partial charge in [0.1, 0.15) is 6.61 Å². The van der Waals surface area contributed by atoms with Gasteiger partial charge in [-0.1, -0.05) is 11.6 Å². The summed E-state index contributed by atoms with van der Waals surface area (Å²) in [6.45, 7) is 4.70. The first kappa shape index (κ1) is 11.2. The van der Waals surface area contributed by atoms with Crippen molar-refractivity contribution < 1.29 is 9.53 Å². The average Bonchev–Trinajstić information content (AvgIpc) is 2.19. The van der Waals surface area contributed by atoms with E-state index in [4.69, 9.17) is 10.5 Å². The summed E-state index contributed by atoms with van der Waals surface area (Å²) in [6, 6.07) is 0. The van der Waals surface area contributed by atoms with Gasteiger partial charge in [-0.2, -0.15) is 0 Å². The van der Waals surface area contributed by atoms with Gasteiger partial charge in [-0.15, -0.1) is 0 Å². The van der Waals surface area contributed by atoms with Crippen LogP contribution in [0.1, 0.15) is 13.3 Å². The Morgan fingerprint density at radius 2 is 2.50 bits per heavy atom. The fourth-order valence-corrected chi connectivity index (χ4v) is 1.33. The van der Waals surface area contributed by atoms with Crippen LogP contribution < -0.4 is 5.73 Å². The lowest BCUT2D eigenvalue weighted by atomic mass is 10.1. The Kier molecular flexibility index (Phi) is 4.62. The van der Waals surface area contributed by atoms with E-state index >= 15 is 0 Å². The summed E-state index contributed by atoms with van der Waals surface area (Å²) in [7, 11) is 0. The van der Waals surface area contributed by atoms with Gasteiger partial charge in [0.05, 0.1) is 6.61 Å². The minimum absolute atomic E-state index is 0.0576. The third-order valence-electron chi connectivity index (χ3n) is 2.28. The number of nitrogens with two attached hydrogens (primary N) is 1. The first-order valence-electron chi connectivity index (χ1n) is 4.95. The van der Waals surface area contributed by atoms with Gasteiger partial charge in [0.15, 0.2) is 0 Å². The molecule has 14 heavy (non-hydrogen) atoms. The molecule has 80 valence electrons. The number of amides is 1. The number of carbonyl (C=O) groups is 1. The number of hydrogen-bond donors (Lipinski definition) is 1. The molecule has 0 aromatic heterocycles. The smallest absolute Gasteiger partial charge is 0.248 e. The van der Waals surface area contributed by atoms with E-state index in [1.54, 1.807) is 0 Å². The summed E-state index contributed by atoms with van der Waals surface area (Å²) >= 11 is 0. The zero-order valence-corrected chi connectivity index (χ0v) is 8.66. The maximum absolute atomic E-state index is 11.5. The van der Waals surface area contributed by atoms with E-state index < -0.39 is 0 Å². The second-order valence-corrected chi connectivity index (χ2v) is 3.48. The lowest BCUT2D eigenvalue weighted by Gasteiger charge is -2.25. The number of carbonyl (C=O) groups excluding carboxylic acids is 1. The summed E-state index contributed by atoms with van der Waals surface area (Å²) in [5.74, 6) is 0.0576. The van der Waals surface area contributed by atoms with Crippen LogP contribution in [0.2, 0.25) is 0 Å². The van der Waals surface area contributed by atoms with E-state index in [0.717, 1.165) is 19.5 Å². The normalized spacial score (nSPS) is 16.7. The molecule has 0 spiro atoms. The Bertz CT molecular complexity index is 226. The molecular weight excluding hydrogens is 180 g/mol. The van der Waals surface area contributed by atoms with Crippen LogP contribution in [0.5, 0.6) is 0 Å². The summed E-state index contributed by atoms with van der Waals surface area (Å²) in [4.78, 5) is 13.3. The molecule has 1 heterocycles. The van der Waals surface area contributed by atoms with E-state index in [2.05, 4.69) is 13.0 Å². The molecule has 4 heteroatoms. The molecule has 0 bridgehead atoms. The van der Waals surface area contributed by atoms with Gasteiger partial charge in [0.2, 0.25) is 5.91 Å². The topological polar surface area (TPSA) is 55.6 Å². The molecule has 0 aliphatic carbocycles. The van der Waals surface area contributed by atoms with Crippen molar-refractivity contribution in [1.82, 2.24) is 4.90 Å².